The Hall–Kier alpha value is -3.19. The molecule has 1 N–H and O–H groups in total. The predicted molar refractivity (Wildman–Crippen MR) is 110 cm³/mol. The largest absolute Gasteiger partial charge is 0.308 e. The van der Waals surface area contributed by atoms with Gasteiger partial charge in [-0.3, -0.25) is 9.52 Å². The number of nitrogens with zero attached hydrogens (tertiary/aromatic N) is 1. The summed E-state index contributed by atoms with van der Waals surface area (Å²) in [5, 5.41) is 0. The summed E-state index contributed by atoms with van der Waals surface area (Å²) in [6.07, 6.45) is 1.85. The predicted octanol–water partition coefficient (Wildman–Crippen LogP) is 4.22. The van der Waals surface area contributed by atoms with E-state index in [2.05, 4.69) is 4.72 Å². The van der Waals surface area contributed by atoms with Gasteiger partial charge < -0.3 is 4.90 Å². The Kier molecular flexibility index (Phi) is 5.07. The van der Waals surface area contributed by atoms with Gasteiger partial charge in [0.05, 0.1) is 4.90 Å². The number of carbonyl (C=O) groups excluding carboxylic acids is 1. The van der Waals surface area contributed by atoms with E-state index in [1.807, 2.05) is 24.3 Å². The molecule has 29 heavy (non-hydrogen) atoms. The van der Waals surface area contributed by atoms with Crippen molar-refractivity contribution in [3.63, 3.8) is 0 Å². The van der Waals surface area contributed by atoms with Crippen molar-refractivity contribution in [3.05, 3.63) is 89.7 Å². The SMILES string of the molecule is O=C(c1ccc(NS(=O)(=O)c2ccc(F)cc2)cc1)N1CCCc2ccccc21. The Morgan fingerprint density at radius 1 is 0.931 bits per heavy atom. The summed E-state index contributed by atoms with van der Waals surface area (Å²) in [5.74, 6) is -0.629. The lowest BCUT2D eigenvalue weighted by molar-refractivity contribution is 0.0985. The van der Waals surface area contributed by atoms with E-state index in [0.29, 0.717) is 17.8 Å². The van der Waals surface area contributed by atoms with Crippen molar-refractivity contribution in [3.8, 4) is 0 Å². The molecule has 0 radical (unpaired) electrons. The molecular weight excluding hydrogens is 391 g/mol. The highest BCUT2D eigenvalue weighted by atomic mass is 32.2. The van der Waals surface area contributed by atoms with Crippen LogP contribution in [0.5, 0.6) is 0 Å². The third-order valence-electron chi connectivity index (χ3n) is 4.86. The van der Waals surface area contributed by atoms with Gasteiger partial charge in [0.25, 0.3) is 15.9 Å². The van der Waals surface area contributed by atoms with Crippen molar-refractivity contribution in [2.75, 3.05) is 16.2 Å². The number of amides is 1. The van der Waals surface area contributed by atoms with Gasteiger partial charge in [-0.05, 0) is 73.0 Å². The highest BCUT2D eigenvalue weighted by Gasteiger charge is 2.23. The first-order chi connectivity index (χ1) is 13.9. The minimum absolute atomic E-state index is 0.0380. The van der Waals surface area contributed by atoms with E-state index >= 15 is 0 Å². The van der Waals surface area contributed by atoms with Gasteiger partial charge in [0.1, 0.15) is 5.82 Å². The van der Waals surface area contributed by atoms with Crippen LogP contribution in [0.4, 0.5) is 15.8 Å². The normalized spacial score (nSPS) is 13.6. The zero-order valence-corrected chi connectivity index (χ0v) is 16.3. The molecule has 1 aliphatic rings. The van der Waals surface area contributed by atoms with Gasteiger partial charge in [-0.25, -0.2) is 12.8 Å². The minimum atomic E-state index is -3.84. The van der Waals surface area contributed by atoms with Crippen LogP contribution in [0, 0.1) is 5.82 Å². The van der Waals surface area contributed by atoms with E-state index in [4.69, 9.17) is 0 Å². The van der Waals surface area contributed by atoms with Crippen LogP contribution in [-0.2, 0) is 16.4 Å². The summed E-state index contributed by atoms with van der Waals surface area (Å²) < 4.78 is 40.3. The Labute approximate surface area is 168 Å². The zero-order valence-electron chi connectivity index (χ0n) is 15.5. The van der Waals surface area contributed by atoms with Crippen LogP contribution in [0.25, 0.3) is 0 Å². The number of hydrogen-bond donors (Lipinski definition) is 1. The van der Waals surface area contributed by atoms with Gasteiger partial charge in [0.15, 0.2) is 0 Å². The Balaban J connectivity index is 1.53. The lowest BCUT2D eigenvalue weighted by Gasteiger charge is -2.29. The molecule has 3 aromatic rings. The average Bonchev–Trinajstić information content (AvgIpc) is 2.73. The molecule has 4 rings (SSSR count). The van der Waals surface area contributed by atoms with Crippen LogP contribution < -0.4 is 9.62 Å². The highest BCUT2D eigenvalue weighted by molar-refractivity contribution is 7.92. The van der Waals surface area contributed by atoms with E-state index in [0.717, 1.165) is 36.2 Å². The minimum Gasteiger partial charge on any atom is -0.308 e. The van der Waals surface area contributed by atoms with Crippen LogP contribution in [-0.4, -0.2) is 20.9 Å². The molecule has 1 heterocycles. The number of anilines is 2. The molecule has 0 unspecified atom stereocenters. The molecule has 1 amide bonds. The van der Waals surface area contributed by atoms with Gasteiger partial charge in [-0.2, -0.15) is 0 Å². The van der Waals surface area contributed by atoms with Gasteiger partial charge in [0, 0.05) is 23.5 Å². The Morgan fingerprint density at radius 3 is 2.34 bits per heavy atom. The van der Waals surface area contributed by atoms with Gasteiger partial charge in [-0.15, -0.1) is 0 Å². The molecule has 0 saturated carbocycles. The molecule has 7 heteroatoms. The maximum Gasteiger partial charge on any atom is 0.261 e. The average molecular weight is 410 g/mol. The number of nitrogens with one attached hydrogen (secondary N) is 1. The Morgan fingerprint density at radius 2 is 1.62 bits per heavy atom. The lowest BCUT2D eigenvalue weighted by atomic mass is 10.0. The monoisotopic (exact) mass is 410 g/mol. The molecule has 0 saturated heterocycles. The fourth-order valence-electron chi connectivity index (χ4n) is 3.41. The van der Waals surface area contributed by atoms with E-state index in [1.54, 1.807) is 29.2 Å². The molecule has 0 atom stereocenters. The number of aryl methyl sites for hydroxylation is 1. The smallest absolute Gasteiger partial charge is 0.261 e. The highest BCUT2D eigenvalue weighted by Crippen LogP contribution is 2.28. The molecule has 0 bridgehead atoms. The zero-order chi connectivity index (χ0) is 20.4. The maximum atomic E-state index is 13.0. The fourth-order valence-corrected chi connectivity index (χ4v) is 4.47. The molecule has 3 aromatic carbocycles. The number of rotatable bonds is 4. The number of sulfonamides is 1. The van der Waals surface area contributed by atoms with E-state index in [-0.39, 0.29) is 10.8 Å². The molecule has 0 fully saturated rings. The van der Waals surface area contributed by atoms with Crippen molar-refractivity contribution in [1.82, 2.24) is 0 Å². The van der Waals surface area contributed by atoms with Crippen LogP contribution in [0.2, 0.25) is 0 Å². The quantitative estimate of drug-likeness (QED) is 0.700. The van der Waals surface area contributed by atoms with Gasteiger partial charge in [-0.1, -0.05) is 18.2 Å². The first-order valence-corrected chi connectivity index (χ1v) is 10.7. The maximum absolute atomic E-state index is 13.0. The summed E-state index contributed by atoms with van der Waals surface area (Å²) in [7, 11) is -3.84. The van der Waals surface area contributed by atoms with Crippen LogP contribution in [0.15, 0.2) is 77.7 Å². The van der Waals surface area contributed by atoms with E-state index in [9.17, 15) is 17.6 Å². The molecule has 0 aromatic heterocycles. The molecular formula is C22H19FN2O3S. The van der Waals surface area contributed by atoms with E-state index in [1.165, 1.54) is 12.1 Å². The van der Waals surface area contributed by atoms with Gasteiger partial charge >= 0.3 is 0 Å². The van der Waals surface area contributed by atoms with Crippen molar-refractivity contribution in [2.24, 2.45) is 0 Å². The fraction of sp³-hybridized carbons (Fsp3) is 0.136. The Bertz CT molecular complexity index is 1140. The number of fused-ring (bicyclic) bond motifs is 1. The number of benzene rings is 3. The summed E-state index contributed by atoms with van der Waals surface area (Å²) in [6, 6.07) is 18.7. The third kappa shape index (κ3) is 4.00. The topological polar surface area (TPSA) is 66.5 Å². The van der Waals surface area contributed by atoms with Gasteiger partial charge in [0.2, 0.25) is 0 Å². The number of halogens is 1. The standard InChI is InChI=1S/C22H19FN2O3S/c23-18-9-13-20(14-10-18)29(27,28)24-19-11-7-17(8-12-19)22(26)25-15-3-5-16-4-1-2-6-21(16)25/h1-2,4,6-14,24H,3,5,15H2. The van der Waals surface area contributed by atoms with Crippen LogP contribution in [0.1, 0.15) is 22.3 Å². The molecule has 0 aliphatic carbocycles. The second-order valence-corrected chi connectivity index (χ2v) is 8.51. The second kappa shape index (κ2) is 7.67. The second-order valence-electron chi connectivity index (χ2n) is 6.83. The lowest BCUT2D eigenvalue weighted by Crippen LogP contribution is -2.35. The summed E-state index contributed by atoms with van der Waals surface area (Å²) in [5.41, 5.74) is 2.87. The van der Waals surface area contributed by atoms with Crippen LogP contribution >= 0.6 is 0 Å². The van der Waals surface area contributed by atoms with Crippen molar-refractivity contribution < 1.29 is 17.6 Å². The molecule has 5 nitrogen and oxygen atoms in total. The molecule has 1 aliphatic heterocycles. The summed E-state index contributed by atoms with van der Waals surface area (Å²) >= 11 is 0. The first kappa shape index (κ1) is 19.1. The third-order valence-corrected chi connectivity index (χ3v) is 6.26. The summed E-state index contributed by atoms with van der Waals surface area (Å²) in [4.78, 5) is 14.7. The van der Waals surface area contributed by atoms with Crippen LogP contribution in [0.3, 0.4) is 0 Å². The number of carbonyl (C=O) groups is 1. The molecule has 148 valence electrons. The van der Waals surface area contributed by atoms with E-state index < -0.39 is 15.8 Å². The van der Waals surface area contributed by atoms with Crippen molar-refractivity contribution >= 4 is 27.3 Å². The number of para-hydroxylation sites is 1. The van der Waals surface area contributed by atoms with Crippen molar-refractivity contribution in [1.29, 1.82) is 0 Å². The molecule has 0 spiro atoms. The summed E-state index contributed by atoms with van der Waals surface area (Å²) in [6.45, 7) is 0.648. The van der Waals surface area contributed by atoms with Crippen molar-refractivity contribution in [2.45, 2.75) is 17.7 Å². The number of hydrogen-bond acceptors (Lipinski definition) is 3. The first-order valence-electron chi connectivity index (χ1n) is 9.22.